The zero-order valence-corrected chi connectivity index (χ0v) is 13.1. The van der Waals surface area contributed by atoms with Crippen molar-refractivity contribution in [3.8, 4) is 0 Å². The van der Waals surface area contributed by atoms with Gasteiger partial charge in [-0.25, -0.2) is 0 Å². The highest BCUT2D eigenvalue weighted by Gasteiger charge is 2.33. The number of likely N-dealkylation sites (tertiary alicyclic amines) is 1. The lowest BCUT2D eigenvalue weighted by atomic mass is 10.1. The molecule has 1 aromatic heterocycles. The van der Waals surface area contributed by atoms with Crippen molar-refractivity contribution >= 4 is 23.2 Å². The summed E-state index contributed by atoms with van der Waals surface area (Å²) in [7, 11) is 0. The lowest BCUT2D eigenvalue weighted by Gasteiger charge is -2.24. The van der Waals surface area contributed by atoms with Gasteiger partial charge >= 0.3 is 0 Å². The van der Waals surface area contributed by atoms with Crippen LogP contribution in [0.15, 0.2) is 16.8 Å². The molecule has 0 unspecified atom stereocenters. The van der Waals surface area contributed by atoms with E-state index in [1.54, 1.807) is 4.90 Å². The van der Waals surface area contributed by atoms with Crippen LogP contribution in [0.25, 0.3) is 0 Å². The fourth-order valence-corrected chi connectivity index (χ4v) is 3.30. The summed E-state index contributed by atoms with van der Waals surface area (Å²) in [6.45, 7) is 2.80. The first-order chi connectivity index (χ1) is 10.1. The number of aliphatic hydroxyl groups excluding tert-OH is 1. The number of carbonyl (C=O) groups is 2. The van der Waals surface area contributed by atoms with Crippen molar-refractivity contribution in [3.05, 3.63) is 22.4 Å². The number of rotatable bonds is 6. The zero-order valence-electron chi connectivity index (χ0n) is 12.2. The molecule has 0 bridgehead atoms. The van der Waals surface area contributed by atoms with Gasteiger partial charge < -0.3 is 15.3 Å². The van der Waals surface area contributed by atoms with E-state index in [9.17, 15) is 14.7 Å². The molecule has 2 heterocycles. The summed E-state index contributed by atoms with van der Waals surface area (Å²) in [4.78, 5) is 25.9. The summed E-state index contributed by atoms with van der Waals surface area (Å²) in [6.07, 6.45) is 2.15. The monoisotopic (exact) mass is 310 g/mol. The molecule has 1 aromatic rings. The van der Waals surface area contributed by atoms with E-state index < -0.39 is 6.10 Å². The minimum absolute atomic E-state index is 0.0496. The van der Waals surface area contributed by atoms with Crippen LogP contribution in [-0.2, 0) is 9.59 Å². The van der Waals surface area contributed by atoms with Gasteiger partial charge in [-0.2, -0.15) is 11.3 Å². The Morgan fingerprint density at radius 2 is 2.38 bits per heavy atom. The summed E-state index contributed by atoms with van der Waals surface area (Å²) in [6, 6.07) is 1.47. The molecule has 2 atom stereocenters. The average molecular weight is 310 g/mol. The van der Waals surface area contributed by atoms with Crippen LogP contribution >= 0.6 is 11.3 Å². The number of amides is 2. The smallest absolute Gasteiger partial charge is 0.242 e. The molecular formula is C15H22N2O3S. The number of nitrogens with one attached hydrogen (secondary N) is 1. The van der Waals surface area contributed by atoms with Crippen LogP contribution in [0.5, 0.6) is 0 Å². The Kier molecular flexibility index (Phi) is 5.76. The topological polar surface area (TPSA) is 69.6 Å². The molecule has 1 fully saturated rings. The molecule has 1 saturated heterocycles. The molecule has 0 aromatic carbocycles. The maximum absolute atomic E-state index is 12.2. The van der Waals surface area contributed by atoms with Gasteiger partial charge in [-0.3, -0.25) is 9.59 Å². The second kappa shape index (κ2) is 7.56. The van der Waals surface area contributed by atoms with E-state index in [-0.39, 0.29) is 24.4 Å². The van der Waals surface area contributed by atoms with Crippen molar-refractivity contribution in [1.82, 2.24) is 10.2 Å². The van der Waals surface area contributed by atoms with Crippen LogP contribution in [0, 0.1) is 0 Å². The third-order valence-electron chi connectivity index (χ3n) is 3.74. The van der Waals surface area contributed by atoms with Gasteiger partial charge in [0.1, 0.15) is 6.04 Å². The normalized spacial score (nSPS) is 19.5. The standard InChI is InChI=1S/C15H22N2O3S/c1-2-4-14(19)17-7-3-5-12(17)15(20)16-9-13(18)11-6-8-21-10-11/h6,8,10,12-13,18H,2-5,7,9H2,1H3,(H,16,20)/t12-,13-/m1/s1. The summed E-state index contributed by atoms with van der Waals surface area (Å²) >= 11 is 1.51. The van der Waals surface area contributed by atoms with E-state index >= 15 is 0 Å². The van der Waals surface area contributed by atoms with Gasteiger partial charge in [0, 0.05) is 19.5 Å². The first-order valence-corrected chi connectivity index (χ1v) is 8.35. The first-order valence-electron chi connectivity index (χ1n) is 7.40. The largest absolute Gasteiger partial charge is 0.387 e. The van der Waals surface area contributed by atoms with Crippen LogP contribution in [0.2, 0.25) is 0 Å². The molecule has 0 saturated carbocycles. The first kappa shape index (κ1) is 16.0. The second-order valence-electron chi connectivity index (χ2n) is 5.31. The highest BCUT2D eigenvalue weighted by Crippen LogP contribution is 2.20. The van der Waals surface area contributed by atoms with Gasteiger partial charge in [-0.15, -0.1) is 0 Å². The SMILES string of the molecule is CCCC(=O)N1CCC[C@@H]1C(=O)NC[C@@H](O)c1ccsc1. The molecule has 0 aliphatic carbocycles. The maximum Gasteiger partial charge on any atom is 0.242 e. The fourth-order valence-electron chi connectivity index (χ4n) is 2.59. The van der Waals surface area contributed by atoms with E-state index in [0.29, 0.717) is 19.4 Å². The van der Waals surface area contributed by atoms with Crippen LogP contribution in [0.1, 0.15) is 44.3 Å². The van der Waals surface area contributed by atoms with Crippen molar-refractivity contribution in [2.24, 2.45) is 0 Å². The fraction of sp³-hybridized carbons (Fsp3) is 0.600. The van der Waals surface area contributed by atoms with E-state index in [0.717, 1.165) is 18.4 Å². The van der Waals surface area contributed by atoms with Gasteiger partial charge in [-0.1, -0.05) is 6.92 Å². The number of carbonyl (C=O) groups excluding carboxylic acids is 2. The lowest BCUT2D eigenvalue weighted by molar-refractivity contribution is -0.138. The predicted molar refractivity (Wildman–Crippen MR) is 81.9 cm³/mol. The summed E-state index contributed by atoms with van der Waals surface area (Å²) in [5.74, 6) is -0.111. The average Bonchev–Trinajstić information content (AvgIpc) is 3.14. The Labute approximate surface area is 129 Å². The third-order valence-corrected chi connectivity index (χ3v) is 4.44. The van der Waals surface area contributed by atoms with Crippen molar-refractivity contribution in [2.45, 2.75) is 44.8 Å². The van der Waals surface area contributed by atoms with Crippen molar-refractivity contribution in [3.63, 3.8) is 0 Å². The highest BCUT2D eigenvalue weighted by molar-refractivity contribution is 7.07. The Morgan fingerprint density at radius 1 is 1.57 bits per heavy atom. The molecule has 5 nitrogen and oxygen atoms in total. The molecule has 1 aliphatic heterocycles. The van der Waals surface area contributed by atoms with E-state index in [1.807, 2.05) is 23.8 Å². The molecule has 2 amide bonds. The van der Waals surface area contributed by atoms with E-state index in [4.69, 9.17) is 0 Å². The summed E-state index contributed by atoms with van der Waals surface area (Å²) in [5.41, 5.74) is 0.811. The number of thiophene rings is 1. The Morgan fingerprint density at radius 3 is 3.05 bits per heavy atom. The maximum atomic E-state index is 12.2. The van der Waals surface area contributed by atoms with Gasteiger partial charge in [-0.05, 0) is 41.7 Å². The van der Waals surface area contributed by atoms with Crippen LogP contribution < -0.4 is 5.32 Å². The van der Waals surface area contributed by atoms with Crippen LogP contribution in [-0.4, -0.2) is 41.0 Å². The Balaban J connectivity index is 1.86. The van der Waals surface area contributed by atoms with Gasteiger partial charge in [0.2, 0.25) is 11.8 Å². The van der Waals surface area contributed by atoms with Gasteiger partial charge in [0.25, 0.3) is 0 Å². The van der Waals surface area contributed by atoms with Gasteiger partial charge in [0.05, 0.1) is 6.10 Å². The summed E-state index contributed by atoms with van der Waals surface area (Å²) < 4.78 is 0. The molecule has 116 valence electrons. The van der Waals surface area contributed by atoms with E-state index in [1.165, 1.54) is 11.3 Å². The van der Waals surface area contributed by atoms with Crippen molar-refractivity contribution in [2.75, 3.05) is 13.1 Å². The van der Waals surface area contributed by atoms with Gasteiger partial charge in [0.15, 0.2) is 0 Å². The van der Waals surface area contributed by atoms with E-state index in [2.05, 4.69) is 5.32 Å². The number of nitrogens with zero attached hydrogens (tertiary/aromatic N) is 1. The third kappa shape index (κ3) is 4.04. The van der Waals surface area contributed by atoms with Crippen LogP contribution in [0.3, 0.4) is 0 Å². The number of aliphatic hydroxyl groups is 1. The lowest BCUT2D eigenvalue weighted by Crippen LogP contribution is -2.46. The Hall–Kier alpha value is -1.40. The number of hydrogen-bond donors (Lipinski definition) is 2. The summed E-state index contributed by atoms with van der Waals surface area (Å²) in [5, 5.41) is 16.5. The number of hydrogen-bond acceptors (Lipinski definition) is 4. The molecule has 6 heteroatoms. The molecule has 2 N–H and O–H groups in total. The predicted octanol–water partition coefficient (Wildman–Crippen LogP) is 1.69. The molecule has 0 radical (unpaired) electrons. The quantitative estimate of drug-likeness (QED) is 0.840. The molecule has 21 heavy (non-hydrogen) atoms. The van der Waals surface area contributed by atoms with Crippen molar-refractivity contribution < 1.29 is 14.7 Å². The molecule has 1 aliphatic rings. The highest BCUT2D eigenvalue weighted by atomic mass is 32.1. The second-order valence-corrected chi connectivity index (χ2v) is 6.09. The van der Waals surface area contributed by atoms with Crippen LogP contribution in [0.4, 0.5) is 0 Å². The minimum Gasteiger partial charge on any atom is -0.387 e. The zero-order chi connectivity index (χ0) is 15.2. The van der Waals surface area contributed by atoms with Crippen molar-refractivity contribution in [1.29, 1.82) is 0 Å². The minimum atomic E-state index is -0.693. The molecule has 0 spiro atoms. The Bertz CT molecular complexity index is 475. The molecular weight excluding hydrogens is 288 g/mol. The molecule has 2 rings (SSSR count).